The Morgan fingerprint density at radius 2 is 0.914 bits per heavy atom. The van der Waals surface area contributed by atoms with E-state index in [1.165, 1.54) is 0 Å². The van der Waals surface area contributed by atoms with Crippen molar-refractivity contribution in [3.05, 3.63) is 144 Å². The molecular weight excluding hydrogens is 725 g/mol. The van der Waals surface area contributed by atoms with Gasteiger partial charge in [-0.1, -0.05) is 41.5 Å². The minimum Gasteiger partial charge on any atom is -0.457 e. The zero-order valence-electron chi connectivity index (χ0n) is 34.0. The number of fused-ring (bicyclic) bond motifs is 3. The number of benzene rings is 4. The second-order valence-corrected chi connectivity index (χ2v) is 15.6. The Hall–Kier alpha value is -6.81. The van der Waals surface area contributed by atoms with Crippen molar-refractivity contribution in [2.24, 2.45) is 0 Å². The van der Waals surface area contributed by atoms with E-state index in [2.05, 4.69) is 73.8 Å². The van der Waals surface area contributed by atoms with Gasteiger partial charge in [-0.2, -0.15) is 0 Å². The third-order valence-electron chi connectivity index (χ3n) is 9.90. The molecule has 10 nitrogen and oxygen atoms in total. The van der Waals surface area contributed by atoms with Gasteiger partial charge in [0.25, 0.3) is 5.95 Å². The quantitative estimate of drug-likeness (QED) is 0.120. The second-order valence-electron chi connectivity index (χ2n) is 15.6. The number of hydrogen-bond acceptors (Lipinski definition) is 9. The van der Waals surface area contributed by atoms with Gasteiger partial charge in [0.15, 0.2) is 0 Å². The third-order valence-corrected chi connectivity index (χ3v) is 9.90. The number of aromatic nitrogens is 6. The van der Waals surface area contributed by atoms with Gasteiger partial charge in [-0.15, -0.1) is 10.2 Å². The van der Waals surface area contributed by atoms with Gasteiger partial charge in [0.1, 0.15) is 34.5 Å². The van der Waals surface area contributed by atoms with Gasteiger partial charge in [0.2, 0.25) is 11.8 Å². The first kappa shape index (κ1) is 38.1. The topological polar surface area (TPSA) is 106 Å². The SMILES string of the molecule is Cc1ccnc(Oc2cc(Oc3ccc4c5ccc(Oc6cc(Oc7cc(C)ccn7)cc(C(C)C)c6)cc5n(-c5ncc(C(C)C)nn5)c4c3)cc(C(C)C)c2)c1. The summed E-state index contributed by atoms with van der Waals surface area (Å²) in [5.74, 6) is 6.04. The lowest BCUT2D eigenvalue weighted by atomic mass is 10.0. The molecule has 58 heavy (non-hydrogen) atoms. The van der Waals surface area contributed by atoms with Crippen molar-refractivity contribution in [1.82, 2.24) is 29.7 Å². The minimum atomic E-state index is 0.182. The number of nitrogens with zero attached hydrogens (tertiary/aromatic N) is 6. The summed E-state index contributed by atoms with van der Waals surface area (Å²) >= 11 is 0. The van der Waals surface area contributed by atoms with Crippen molar-refractivity contribution in [2.75, 3.05) is 0 Å². The molecule has 0 saturated heterocycles. The van der Waals surface area contributed by atoms with E-state index in [4.69, 9.17) is 23.9 Å². The fourth-order valence-electron chi connectivity index (χ4n) is 6.70. The van der Waals surface area contributed by atoms with Crippen LogP contribution >= 0.6 is 0 Å². The van der Waals surface area contributed by atoms with Crippen LogP contribution in [0.4, 0.5) is 0 Å². The van der Waals surface area contributed by atoms with Crippen molar-refractivity contribution >= 4 is 21.8 Å². The van der Waals surface area contributed by atoms with Gasteiger partial charge in [-0.05, 0) is 115 Å². The summed E-state index contributed by atoms with van der Waals surface area (Å²) in [6.07, 6.45) is 5.28. The van der Waals surface area contributed by atoms with Crippen molar-refractivity contribution in [3.8, 4) is 52.2 Å². The molecule has 0 bridgehead atoms. The van der Waals surface area contributed by atoms with Gasteiger partial charge in [0, 0.05) is 59.6 Å². The maximum Gasteiger partial charge on any atom is 0.254 e. The fraction of sp³-hybridized carbons (Fsp3) is 0.229. The maximum absolute atomic E-state index is 6.60. The molecule has 0 aliphatic rings. The van der Waals surface area contributed by atoms with E-state index in [1.807, 2.05) is 103 Å². The number of ether oxygens (including phenoxy) is 4. The first-order chi connectivity index (χ1) is 27.9. The molecule has 0 saturated carbocycles. The fourth-order valence-corrected chi connectivity index (χ4v) is 6.70. The molecule has 0 unspecified atom stereocenters. The van der Waals surface area contributed by atoms with Gasteiger partial charge >= 0.3 is 0 Å². The molecule has 0 spiro atoms. The number of rotatable bonds is 12. The van der Waals surface area contributed by atoms with E-state index in [0.29, 0.717) is 52.2 Å². The Labute approximate surface area is 338 Å². The minimum absolute atomic E-state index is 0.182. The van der Waals surface area contributed by atoms with E-state index in [1.54, 1.807) is 18.6 Å². The molecular formula is C48H46N6O4. The molecule has 10 heteroatoms. The average molecular weight is 771 g/mol. The van der Waals surface area contributed by atoms with E-state index in [9.17, 15) is 0 Å². The summed E-state index contributed by atoms with van der Waals surface area (Å²) in [5, 5.41) is 11.2. The maximum atomic E-state index is 6.60. The van der Waals surface area contributed by atoms with Crippen LogP contribution < -0.4 is 18.9 Å². The molecule has 4 aromatic heterocycles. The Morgan fingerprint density at radius 1 is 0.448 bits per heavy atom. The Bertz CT molecular complexity index is 2600. The normalized spacial score (nSPS) is 11.6. The van der Waals surface area contributed by atoms with Crippen LogP contribution in [0, 0.1) is 13.8 Å². The standard InChI is InChI=1S/C48H46N6O4/c1-28(2)33-19-37(23-39(21-33)57-46-17-31(7)13-15-49-46)55-35-9-11-41-42-12-10-36(26-45(42)54(44(41)25-35)48-51-27-43(30(5)6)52-53-48)56-38-20-34(29(3)4)22-40(24-38)58-47-18-32(8)14-16-50-47/h9-30H,1-8H3. The van der Waals surface area contributed by atoms with Crippen LogP contribution in [0.3, 0.4) is 0 Å². The molecule has 0 radical (unpaired) electrons. The summed E-state index contributed by atoms with van der Waals surface area (Å²) < 4.78 is 27.6. The van der Waals surface area contributed by atoms with Crippen LogP contribution in [0.15, 0.2) is 116 Å². The molecule has 0 amide bonds. The molecule has 0 aliphatic carbocycles. The van der Waals surface area contributed by atoms with E-state index >= 15 is 0 Å². The molecule has 0 N–H and O–H groups in total. The summed E-state index contributed by atoms with van der Waals surface area (Å²) in [6.45, 7) is 16.7. The van der Waals surface area contributed by atoms with Crippen molar-refractivity contribution in [2.45, 2.75) is 73.1 Å². The van der Waals surface area contributed by atoms with Crippen LogP contribution in [0.25, 0.3) is 27.8 Å². The lowest BCUT2D eigenvalue weighted by Crippen LogP contribution is -2.05. The zero-order valence-corrected chi connectivity index (χ0v) is 34.0. The van der Waals surface area contributed by atoms with Crippen LogP contribution in [0.1, 0.15) is 87.2 Å². The predicted molar refractivity (Wildman–Crippen MR) is 228 cm³/mol. The highest BCUT2D eigenvalue weighted by molar-refractivity contribution is 6.09. The van der Waals surface area contributed by atoms with Crippen LogP contribution in [-0.4, -0.2) is 29.7 Å². The Kier molecular flexibility index (Phi) is 10.5. The largest absolute Gasteiger partial charge is 0.457 e. The van der Waals surface area contributed by atoms with Crippen LogP contribution in [0.2, 0.25) is 0 Å². The summed E-state index contributed by atoms with van der Waals surface area (Å²) in [5.41, 5.74) is 6.81. The van der Waals surface area contributed by atoms with Crippen molar-refractivity contribution in [1.29, 1.82) is 0 Å². The smallest absolute Gasteiger partial charge is 0.254 e. The first-order valence-corrected chi connectivity index (χ1v) is 19.6. The number of hydrogen-bond donors (Lipinski definition) is 0. The molecule has 8 rings (SSSR count). The van der Waals surface area contributed by atoms with Gasteiger partial charge in [0.05, 0.1) is 22.9 Å². The molecule has 8 aromatic rings. The highest BCUT2D eigenvalue weighted by Gasteiger charge is 2.19. The van der Waals surface area contributed by atoms with Gasteiger partial charge in [-0.3, -0.25) is 4.57 Å². The molecule has 0 fully saturated rings. The Morgan fingerprint density at radius 3 is 1.31 bits per heavy atom. The predicted octanol–water partition coefficient (Wildman–Crippen LogP) is 12.9. The van der Waals surface area contributed by atoms with Gasteiger partial charge in [-0.25, -0.2) is 15.0 Å². The molecule has 0 aliphatic heterocycles. The molecule has 0 atom stereocenters. The summed E-state index contributed by atoms with van der Waals surface area (Å²) in [6, 6.07) is 31.7. The molecule has 4 aromatic carbocycles. The van der Waals surface area contributed by atoms with Gasteiger partial charge < -0.3 is 18.9 Å². The van der Waals surface area contributed by atoms with Crippen LogP contribution in [0.5, 0.6) is 46.3 Å². The van der Waals surface area contributed by atoms with E-state index in [-0.39, 0.29) is 17.8 Å². The third kappa shape index (κ3) is 8.32. The van der Waals surface area contributed by atoms with Crippen molar-refractivity contribution < 1.29 is 18.9 Å². The van der Waals surface area contributed by atoms with Crippen LogP contribution in [-0.2, 0) is 0 Å². The lowest BCUT2D eigenvalue weighted by Gasteiger charge is -2.14. The highest BCUT2D eigenvalue weighted by atomic mass is 16.5. The summed E-state index contributed by atoms with van der Waals surface area (Å²) in [7, 11) is 0. The first-order valence-electron chi connectivity index (χ1n) is 19.6. The highest BCUT2D eigenvalue weighted by Crippen LogP contribution is 2.39. The Balaban J connectivity index is 1.19. The second kappa shape index (κ2) is 16.0. The van der Waals surface area contributed by atoms with E-state index < -0.39 is 0 Å². The zero-order chi connectivity index (χ0) is 40.5. The number of aryl methyl sites for hydroxylation is 2. The summed E-state index contributed by atoms with van der Waals surface area (Å²) in [4.78, 5) is 13.6. The van der Waals surface area contributed by atoms with E-state index in [0.717, 1.165) is 49.8 Å². The lowest BCUT2D eigenvalue weighted by molar-refractivity contribution is 0.446. The monoisotopic (exact) mass is 770 g/mol. The number of pyridine rings is 2. The molecule has 292 valence electrons. The molecule has 4 heterocycles. The van der Waals surface area contributed by atoms with Crippen molar-refractivity contribution in [3.63, 3.8) is 0 Å². The average Bonchev–Trinajstić information content (AvgIpc) is 3.50.